The Morgan fingerprint density at radius 3 is 1.97 bits per heavy atom. The lowest BCUT2D eigenvalue weighted by molar-refractivity contribution is -0.114. The van der Waals surface area contributed by atoms with E-state index in [1.165, 1.54) is 36.4 Å². The zero-order valence-corrected chi connectivity index (χ0v) is 22.5. The van der Waals surface area contributed by atoms with Crippen molar-refractivity contribution in [1.29, 1.82) is 0 Å². The third kappa shape index (κ3) is 5.56. The van der Waals surface area contributed by atoms with Gasteiger partial charge in [-0.3, -0.25) is 4.79 Å². The van der Waals surface area contributed by atoms with Crippen LogP contribution in [-0.2, 0) is 24.5 Å². The fourth-order valence-corrected chi connectivity index (χ4v) is 9.49. The lowest BCUT2D eigenvalue weighted by Gasteiger charge is -2.11. The van der Waals surface area contributed by atoms with Crippen molar-refractivity contribution in [3.63, 3.8) is 0 Å². The van der Waals surface area contributed by atoms with Crippen LogP contribution in [0.15, 0.2) is 123 Å². The third-order valence-electron chi connectivity index (χ3n) is 6.59. The molecule has 0 bridgehead atoms. The summed E-state index contributed by atoms with van der Waals surface area (Å²) in [6.45, 7) is 1.82. The minimum Gasteiger partial charge on any atom is -0.285 e. The highest BCUT2D eigenvalue weighted by molar-refractivity contribution is 8.03. The van der Waals surface area contributed by atoms with E-state index in [1.807, 2.05) is 13.0 Å². The van der Waals surface area contributed by atoms with Gasteiger partial charge in [0.15, 0.2) is 0 Å². The van der Waals surface area contributed by atoms with Crippen LogP contribution in [0.2, 0.25) is 0 Å². The number of hydrogen-bond donors (Lipinski definition) is 0. The molecule has 4 atom stereocenters. The van der Waals surface area contributed by atoms with Gasteiger partial charge in [-0.25, -0.2) is 8.60 Å². The van der Waals surface area contributed by atoms with Crippen LogP contribution >= 0.6 is 0 Å². The first-order valence-electron chi connectivity index (χ1n) is 12.2. The highest BCUT2D eigenvalue weighted by Crippen LogP contribution is 2.55. The highest BCUT2D eigenvalue weighted by Gasteiger charge is 2.61. The van der Waals surface area contributed by atoms with Gasteiger partial charge in [-0.1, -0.05) is 72.1 Å². The molecule has 0 saturated heterocycles. The summed E-state index contributed by atoms with van der Waals surface area (Å²) in [6, 6.07) is 28.7. The number of hydrogen-bond acceptors (Lipinski definition) is 4. The molecule has 0 aliphatic heterocycles. The lowest BCUT2D eigenvalue weighted by atomic mass is 10.1. The number of sulfonamides is 1. The highest BCUT2D eigenvalue weighted by atomic mass is 32.3. The van der Waals surface area contributed by atoms with Gasteiger partial charge in [0.1, 0.15) is 5.82 Å². The van der Waals surface area contributed by atoms with Gasteiger partial charge in [0, 0.05) is 16.4 Å². The number of rotatable bonds is 6. The number of carbonyl (C=O) groups excluding carboxylic acids is 1. The molecule has 1 unspecified atom stereocenters. The molecule has 1 aliphatic carbocycles. The van der Waals surface area contributed by atoms with Crippen molar-refractivity contribution < 1.29 is 21.8 Å². The number of benzene rings is 4. The van der Waals surface area contributed by atoms with Gasteiger partial charge >= 0.3 is 0 Å². The smallest absolute Gasteiger partial charge is 0.285 e. The van der Waals surface area contributed by atoms with Crippen molar-refractivity contribution >= 4 is 25.5 Å². The monoisotopic (exact) mass is 557 g/mol. The Kier molecular flexibility index (Phi) is 7.21. The minimum absolute atomic E-state index is 0.0949. The number of aryl methyl sites for hydroxylation is 1. The summed E-state index contributed by atoms with van der Waals surface area (Å²) in [6.07, 6.45) is 0. The van der Waals surface area contributed by atoms with Crippen molar-refractivity contribution in [2.45, 2.75) is 27.9 Å². The van der Waals surface area contributed by atoms with E-state index in [0.29, 0.717) is 11.1 Å². The van der Waals surface area contributed by atoms with E-state index in [2.05, 4.69) is 15.6 Å². The predicted molar refractivity (Wildman–Crippen MR) is 148 cm³/mol. The van der Waals surface area contributed by atoms with E-state index in [4.69, 9.17) is 0 Å². The quantitative estimate of drug-likeness (QED) is 0.283. The van der Waals surface area contributed by atoms with E-state index in [-0.39, 0.29) is 9.79 Å². The Bertz CT molecular complexity index is 1800. The molecule has 8 heteroatoms. The fourth-order valence-electron chi connectivity index (χ4n) is 4.58. The molecular weight excluding hydrogens is 533 g/mol. The van der Waals surface area contributed by atoms with Crippen LogP contribution in [0.5, 0.6) is 0 Å². The number of halogens is 1. The fraction of sp³-hybridized carbons (Fsp3) is 0.129. The Morgan fingerprint density at radius 2 is 1.36 bits per heavy atom. The van der Waals surface area contributed by atoms with Crippen molar-refractivity contribution in [2.75, 3.05) is 0 Å². The van der Waals surface area contributed by atoms with Crippen molar-refractivity contribution in [2.24, 2.45) is 9.69 Å². The Morgan fingerprint density at radius 1 is 0.769 bits per heavy atom. The summed E-state index contributed by atoms with van der Waals surface area (Å²) in [5.74, 6) is 2.99. The maximum Gasteiger partial charge on any atom is 0.290 e. The molecule has 0 radical (unpaired) electrons. The topological polar surface area (TPSA) is 80.6 Å². The molecule has 0 aromatic heterocycles. The summed E-state index contributed by atoms with van der Waals surface area (Å²) in [5.41, 5.74) is 2.06. The SMILES string of the molecule is Cc1ccc(S(=O)(=O)N=S(=O)(c2ccccc2)[C@H]2[C@H](C(=O)C#Cc3ccccc3)[C@H]2c2ccc(F)cc2)cc1. The molecule has 0 heterocycles. The first-order chi connectivity index (χ1) is 18.7. The predicted octanol–water partition coefficient (Wildman–Crippen LogP) is 5.75. The van der Waals surface area contributed by atoms with Crippen molar-refractivity contribution in [1.82, 2.24) is 0 Å². The van der Waals surface area contributed by atoms with Crippen LogP contribution in [0.3, 0.4) is 0 Å². The minimum atomic E-state index is -4.36. The second-order valence-corrected chi connectivity index (χ2v) is 13.5. The summed E-state index contributed by atoms with van der Waals surface area (Å²) in [4.78, 5) is 13.5. The molecular formula is C31H24FNO4S2. The summed E-state index contributed by atoms with van der Waals surface area (Å²) < 4.78 is 59.5. The van der Waals surface area contributed by atoms with Gasteiger partial charge < -0.3 is 0 Å². The number of Topliss-reactive ketones (excluding diaryl/α,β-unsaturated/α-hetero) is 1. The van der Waals surface area contributed by atoms with E-state index < -0.39 is 48.4 Å². The van der Waals surface area contributed by atoms with Crippen LogP contribution in [-0.4, -0.2) is 23.7 Å². The van der Waals surface area contributed by atoms with Gasteiger partial charge in [-0.15, -0.1) is 3.77 Å². The molecule has 39 heavy (non-hydrogen) atoms. The van der Waals surface area contributed by atoms with Gasteiger partial charge in [0.05, 0.1) is 25.8 Å². The Hall–Kier alpha value is -4.06. The number of carbonyl (C=O) groups is 1. The molecule has 5 nitrogen and oxygen atoms in total. The van der Waals surface area contributed by atoms with Gasteiger partial charge in [-0.2, -0.15) is 8.42 Å². The summed E-state index contributed by atoms with van der Waals surface area (Å²) >= 11 is 0. The van der Waals surface area contributed by atoms with E-state index >= 15 is 0 Å². The van der Waals surface area contributed by atoms with Crippen LogP contribution in [0.1, 0.15) is 22.6 Å². The van der Waals surface area contributed by atoms with Gasteiger partial charge in [0.25, 0.3) is 10.0 Å². The molecule has 4 aromatic rings. The van der Waals surface area contributed by atoms with Gasteiger partial charge in [0.2, 0.25) is 5.78 Å². The molecule has 0 spiro atoms. The van der Waals surface area contributed by atoms with Gasteiger partial charge in [-0.05, 0) is 66.9 Å². The second kappa shape index (κ2) is 10.6. The standard InChI is InChI=1S/C31H24FNO4S2/c1-22-12-19-27(20-13-22)39(36,37)33-38(35,26-10-6-3-7-11-26)31-29(24-15-17-25(32)18-16-24)30(31)28(34)21-14-23-8-4-2-5-9-23/h2-13,15-20,29-31H,1H3/t29-,30-,31-,38?/m1/s1. The molecule has 5 rings (SSSR count). The van der Waals surface area contributed by atoms with Crippen LogP contribution in [0.25, 0.3) is 0 Å². The van der Waals surface area contributed by atoms with E-state index in [9.17, 15) is 21.8 Å². The van der Waals surface area contributed by atoms with E-state index in [0.717, 1.165) is 5.56 Å². The molecule has 1 saturated carbocycles. The van der Waals surface area contributed by atoms with Crippen LogP contribution < -0.4 is 0 Å². The van der Waals surface area contributed by atoms with Crippen LogP contribution in [0.4, 0.5) is 4.39 Å². The third-order valence-corrected chi connectivity index (χ3v) is 11.4. The largest absolute Gasteiger partial charge is 0.290 e. The molecule has 196 valence electrons. The number of nitrogens with zero attached hydrogens (tertiary/aromatic N) is 1. The summed E-state index contributed by atoms with van der Waals surface area (Å²) in [5, 5.41) is -0.983. The maximum atomic E-state index is 14.8. The zero-order chi connectivity index (χ0) is 27.6. The van der Waals surface area contributed by atoms with E-state index in [1.54, 1.807) is 66.7 Å². The Labute approximate surface area is 228 Å². The molecule has 1 aliphatic rings. The van der Waals surface area contributed by atoms with Crippen LogP contribution in [0, 0.1) is 30.5 Å². The lowest BCUT2D eigenvalue weighted by Crippen LogP contribution is -2.16. The average Bonchev–Trinajstić information content (AvgIpc) is 3.70. The Balaban J connectivity index is 1.66. The first-order valence-corrected chi connectivity index (χ1v) is 15.2. The number of ketones is 1. The zero-order valence-electron chi connectivity index (χ0n) is 20.9. The molecule has 1 fully saturated rings. The average molecular weight is 558 g/mol. The molecule has 0 amide bonds. The maximum absolute atomic E-state index is 14.8. The molecule has 4 aromatic carbocycles. The summed E-state index contributed by atoms with van der Waals surface area (Å²) in [7, 11) is -8.08. The molecule has 0 N–H and O–H groups in total. The van der Waals surface area contributed by atoms with Crippen molar-refractivity contribution in [3.05, 3.63) is 132 Å². The first kappa shape index (κ1) is 26.5. The normalized spacial score (nSPS) is 19.7. The van der Waals surface area contributed by atoms with Crippen molar-refractivity contribution in [3.8, 4) is 11.8 Å². The second-order valence-electron chi connectivity index (χ2n) is 9.29.